The van der Waals surface area contributed by atoms with Crippen LogP contribution in [-0.2, 0) is 4.79 Å². The van der Waals surface area contributed by atoms with Gasteiger partial charge in [-0.05, 0) is 51.0 Å². The summed E-state index contributed by atoms with van der Waals surface area (Å²) in [5.74, 6) is -0.280. The highest BCUT2D eigenvalue weighted by Crippen LogP contribution is 2.20. The number of likely N-dealkylation sites (tertiary alicyclic amines) is 1. The van der Waals surface area contributed by atoms with Crippen molar-refractivity contribution < 1.29 is 9.59 Å². The predicted molar refractivity (Wildman–Crippen MR) is 91.4 cm³/mol. The monoisotopic (exact) mass is 337 g/mol. The minimum atomic E-state index is -0.431. The average Bonchev–Trinajstić information content (AvgIpc) is 2.54. The van der Waals surface area contributed by atoms with Crippen LogP contribution in [-0.4, -0.2) is 41.9 Å². The Morgan fingerprint density at radius 1 is 1.35 bits per heavy atom. The lowest BCUT2D eigenvalue weighted by molar-refractivity contribution is -0.127. The Kier molecular flexibility index (Phi) is 5.65. The van der Waals surface area contributed by atoms with Gasteiger partial charge in [0.1, 0.15) is 0 Å². The van der Waals surface area contributed by atoms with Crippen molar-refractivity contribution in [2.45, 2.75) is 32.2 Å². The Balaban J connectivity index is 2.01. The largest absolute Gasteiger partial charge is 0.350 e. The molecule has 0 aliphatic carbocycles. The van der Waals surface area contributed by atoms with E-state index in [-0.39, 0.29) is 17.7 Å². The van der Waals surface area contributed by atoms with Crippen LogP contribution in [0.4, 0.5) is 0 Å². The third kappa shape index (κ3) is 4.69. The zero-order valence-corrected chi connectivity index (χ0v) is 14.4. The van der Waals surface area contributed by atoms with E-state index in [0.29, 0.717) is 30.2 Å². The van der Waals surface area contributed by atoms with Gasteiger partial charge in [0.15, 0.2) is 0 Å². The normalized spacial score (nSPS) is 18.6. The Labute approximate surface area is 142 Å². The lowest BCUT2D eigenvalue weighted by Crippen LogP contribution is -2.53. The molecule has 1 aliphatic rings. The van der Waals surface area contributed by atoms with Gasteiger partial charge in [-0.2, -0.15) is 0 Å². The van der Waals surface area contributed by atoms with Gasteiger partial charge >= 0.3 is 0 Å². The van der Waals surface area contributed by atoms with Gasteiger partial charge in [-0.1, -0.05) is 11.6 Å². The summed E-state index contributed by atoms with van der Waals surface area (Å²) in [4.78, 5) is 26.7. The van der Waals surface area contributed by atoms with Gasteiger partial charge in [-0.3, -0.25) is 9.59 Å². The summed E-state index contributed by atoms with van der Waals surface area (Å²) in [6.45, 7) is 5.27. The molecule has 0 radical (unpaired) electrons. The molecule has 1 fully saturated rings. The van der Waals surface area contributed by atoms with Crippen LogP contribution in [0.2, 0.25) is 5.02 Å². The Morgan fingerprint density at radius 2 is 2.00 bits per heavy atom. The number of hydrogen-bond donors (Lipinski definition) is 2. The number of nitrogens with one attached hydrogen (secondary N) is 1. The fourth-order valence-electron chi connectivity index (χ4n) is 2.64. The third-order valence-electron chi connectivity index (χ3n) is 4.14. The number of carbonyl (C=O) groups excluding carboxylic acids is 2. The zero-order valence-electron chi connectivity index (χ0n) is 13.6. The number of benzene rings is 1. The van der Waals surface area contributed by atoms with E-state index in [1.165, 1.54) is 0 Å². The first-order valence-electron chi connectivity index (χ1n) is 7.89. The SMILES string of the molecule is CC(C)(CN)NC(=O)C1CCCN(C(=O)c2ccc(Cl)cc2)C1. The molecule has 1 atom stereocenters. The topological polar surface area (TPSA) is 75.4 Å². The van der Waals surface area contributed by atoms with Crippen molar-refractivity contribution in [1.82, 2.24) is 10.2 Å². The smallest absolute Gasteiger partial charge is 0.253 e. The summed E-state index contributed by atoms with van der Waals surface area (Å²) in [7, 11) is 0. The zero-order chi connectivity index (χ0) is 17.0. The minimum Gasteiger partial charge on any atom is -0.350 e. The number of nitrogens with zero attached hydrogens (tertiary/aromatic N) is 1. The van der Waals surface area contributed by atoms with Crippen molar-refractivity contribution >= 4 is 23.4 Å². The molecular weight excluding hydrogens is 314 g/mol. The lowest BCUT2D eigenvalue weighted by Gasteiger charge is -2.34. The van der Waals surface area contributed by atoms with Crippen LogP contribution in [0.25, 0.3) is 0 Å². The Morgan fingerprint density at radius 3 is 2.61 bits per heavy atom. The van der Waals surface area contributed by atoms with E-state index in [0.717, 1.165) is 12.8 Å². The molecule has 1 aliphatic heterocycles. The van der Waals surface area contributed by atoms with Crippen molar-refractivity contribution in [3.8, 4) is 0 Å². The molecule has 0 saturated carbocycles. The van der Waals surface area contributed by atoms with E-state index >= 15 is 0 Å². The average molecular weight is 338 g/mol. The van der Waals surface area contributed by atoms with Gasteiger partial charge in [0.05, 0.1) is 5.92 Å². The molecule has 0 aromatic heterocycles. The molecule has 126 valence electrons. The van der Waals surface area contributed by atoms with E-state index in [4.69, 9.17) is 17.3 Å². The minimum absolute atomic E-state index is 0.0333. The van der Waals surface area contributed by atoms with Crippen molar-refractivity contribution in [2.75, 3.05) is 19.6 Å². The van der Waals surface area contributed by atoms with Gasteiger partial charge in [0.25, 0.3) is 5.91 Å². The number of rotatable bonds is 4. The van der Waals surface area contributed by atoms with Crippen molar-refractivity contribution in [1.29, 1.82) is 0 Å². The molecule has 3 N–H and O–H groups in total. The van der Waals surface area contributed by atoms with E-state index in [1.807, 2.05) is 13.8 Å². The fourth-order valence-corrected chi connectivity index (χ4v) is 2.76. The molecular formula is C17H24ClN3O2. The van der Waals surface area contributed by atoms with Crippen LogP contribution in [0.3, 0.4) is 0 Å². The van der Waals surface area contributed by atoms with Crippen LogP contribution in [0.5, 0.6) is 0 Å². The highest BCUT2D eigenvalue weighted by molar-refractivity contribution is 6.30. The van der Waals surface area contributed by atoms with E-state index in [9.17, 15) is 9.59 Å². The first kappa shape index (κ1) is 17.8. The van der Waals surface area contributed by atoms with E-state index in [2.05, 4.69) is 5.32 Å². The number of hydrogen-bond acceptors (Lipinski definition) is 3. The standard InChI is InChI=1S/C17H24ClN3O2/c1-17(2,11-19)20-15(22)13-4-3-9-21(10-13)16(23)12-5-7-14(18)8-6-12/h5-8,13H,3-4,9-11,19H2,1-2H3,(H,20,22). The number of carbonyl (C=O) groups is 2. The maximum atomic E-state index is 12.6. The molecule has 1 unspecified atom stereocenters. The first-order valence-corrected chi connectivity index (χ1v) is 8.27. The van der Waals surface area contributed by atoms with E-state index in [1.54, 1.807) is 29.2 Å². The maximum absolute atomic E-state index is 12.6. The summed E-state index contributed by atoms with van der Waals surface area (Å²) in [5, 5.41) is 3.56. The molecule has 23 heavy (non-hydrogen) atoms. The predicted octanol–water partition coefficient (Wildman–Crippen LogP) is 2.05. The van der Waals surface area contributed by atoms with Crippen LogP contribution < -0.4 is 11.1 Å². The first-order chi connectivity index (χ1) is 10.8. The molecule has 2 amide bonds. The van der Waals surface area contributed by atoms with Crippen molar-refractivity contribution in [2.24, 2.45) is 11.7 Å². The number of halogens is 1. The molecule has 5 nitrogen and oxygen atoms in total. The van der Waals surface area contributed by atoms with Gasteiger partial charge in [-0.15, -0.1) is 0 Å². The molecule has 1 aromatic carbocycles. The highest BCUT2D eigenvalue weighted by Gasteiger charge is 2.31. The summed E-state index contributed by atoms with van der Waals surface area (Å²) < 4.78 is 0. The van der Waals surface area contributed by atoms with Crippen LogP contribution >= 0.6 is 11.6 Å². The van der Waals surface area contributed by atoms with Crippen LogP contribution in [0.15, 0.2) is 24.3 Å². The quantitative estimate of drug-likeness (QED) is 0.882. The Hall–Kier alpha value is -1.59. The van der Waals surface area contributed by atoms with Gasteiger partial charge in [0.2, 0.25) is 5.91 Å². The molecule has 0 bridgehead atoms. The molecule has 2 rings (SSSR count). The van der Waals surface area contributed by atoms with Crippen molar-refractivity contribution in [3.05, 3.63) is 34.9 Å². The number of nitrogens with two attached hydrogens (primary N) is 1. The Bertz CT molecular complexity index is 572. The van der Waals surface area contributed by atoms with Gasteiger partial charge < -0.3 is 16.0 Å². The number of amides is 2. The molecule has 1 saturated heterocycles. The molecule has 6 heteroatoms. The summed E-state index contributed by atoms with van der Waals surface area (Å²) in [6, 6.07) is 6.83. The van der Waals surface area contributed by atoms with E-state index < -0.39 is 5.54 Å². The summed E-state index contributed by atoms with van der Waals surface area (Å²) in [6.07, 6.45) is 1.61. The van der Waals surface area contributed by atoms with Crippen molar-refractivity contribution in [3.63, 3.8) is 0 Å². The van der Waals surface area contributed by atoms with Crippen LogP contribution in [0, 0.1) is 5.92 Å². The molecule has 1 aromatic rings. The summed E-state index contributed by atoms with van der Waals surface area (Å²) >= 11 is 5.85. The summed E-state index contributed by atoms with van der Waals surface area (Å²) in [5.41, 5.74) is 5.82. The molecule has 1 heterocycles. The highest BCUT2D eigenvalue weighted by atomic mass is 35.5. The second-order valence-corrected chi connectivity index (χ2v) is 7.11. The van der Waals surface area contributed by atoms with Gasteiger partial charge in [0, 0.05) is 35.8 Å². The lowest BCUT2D eigenvalue weighted by atomic mass is 9.94. The molecule has 0 spiro atoms. The number of piperidine rings is 1. The third-order valence-corrected chi connectivity index (χ3v) is 4.39. The second kappa shape index (κ2) is 7.32. The van der Waals surface area contributed by atoms with Gasteiger partial charge in [-0.25, -0.2) is 0 Å². The maximum Gasteiger partial charge on any atom is 0.253 e. The van der Waals surface area contributed by atoms with Crippen LogP contribution in [0.1, 0.15) is 37.0 Å². The fraction of sp³-hybridized carbons (Fsp3) is 0.529. The second-order valence-electron chi connectivity index (χ2n) is 6.67.